The molecule has 0 saturated heterocycles. The van der Waals surface area contributed by atoms with Gasteiger partial charge >= 0.3 is 12.3 Å². The number of benzene rings is 1. The summed E-state index contributed by atoms with van der Waals surface area (Å²) in [6.45, 7) is 2.58. The summed E-state index contributed by atoms with van der Waals surface area (Å²) in [6.07, 6.45) is -1.45. The molecule has 1 atom stereocenters. The van der Waals surface area contributed by atoms with Crippen molar-refractivity contribution in [1.29, 1.82) is 0 Å². The molecule has 0 aliphatic rings. The van der Waals surface area contributed by atoms with Crippen molar-refractivity contribution in [2.75, 3.05) is 6.61 Å². The van der Waals surface area contributed by atoms with Gasteiger partial charge in [-0.2, -0.15) is 4.39 Å². The van der Waals surface area contributed by atoms with E-state index in [1.54, 1.807) is 12.1 Å². The fraction of sp³-hybridized carbons (Fsp3) is 0.364. The molecule has 1 rings (SSSR count). The molecule has 0 heterocycles. The van der Waals surface area contributed by atoms with Crippen LogP contribution >= 0.6 is 0 Å². The van der Waals surface area contributed by atoms with Crippen LogP contribution in [0.15, 0.2) is 24.3 Å². The van der Waals surface area contributed by atoms with Gasteiger partial charge in [0.05, 0.1) is 6.61 Å². The highest BCUT2D eigenvalue weighted by atomic mass is 19.1. The van der Waals surface area contributed by atoms with Crippen LogP contribution in [0.1, 0.15) is 13.3 Å². The molecule has 0 radical (unpaired) electrons. The molecule has 1 aromatic rings. The zero-order chi connectivity index (χ0) is 12.0. The summed E-state index contributed by atoms with van der Waals surface area (Å²) in [7, 11) is 0. The Labute approximate surface area is 92.6 Å². The number of rotatable bonds is 6. The van der Waals surface area contributed by atoms with Crippen molar-refractivity contribution < 1.29 is 23.8 Å². The second kappa shape index (κ2) is 5.95. The first-order valence-electron chi connectivity index (χ1n) is 4.90. The number of alkyl halides is 1. The molecule has 0 fully saturated rings. The van der Waals surface area contributed by atoms with E-state index in [2.05, 4.69) is 4.74 Å². The lowest BCUT2D eigenvalue weighted by atomic mass is 10.3. The highest BCUT2D eigenvalue weighted by Crippen LogP contribution is 2.19. The fourth-order valence-electron chi connectivity index (χ4n) is 1.00. The number of hydrogen-bond acceptors (Lipinski definition) is 3. The Morgan fingerprint density at radius 1 is 1.38 bits per heavy atom. The zero-order valence-electron chi connectivity index (χ0n) is 8.85. The molecule has 1 unspecified atom stereocenters. The second-order valence-electron chi connectivity index (χ2n) is 3.09. The molecule has 4 nitrogen and oxygen atoms in total. The van der Waals surface area contributed by atoms with Crippen molar-refractivity contribution in [2.24, 2.45) is 0 Å². The van der Waals surface area contributed by atoms with Crippen molar-refractivity contribution in [3.05, 3.63) is 24.3 Å². The van der Waals surface area contributed by atoms with Gasteiger partial charge < -0.3 is 14.6 Å². The SMILES string of the molecule is CCCOc1ccc(OC(F)C(=O)O)cc1. The number of hydrogen-bond donors (Lipinski definition) is 1. The molecule has 0 saturated carbocycles. The summed E-state index contributed by atoms with van der Waals surface area (Å²) in [4.78, 5) is 10.2. The van der Waals surface area contributed by atoms with Crippen molar-refractivity contribution in [2.45, 2.75) is 19.7 Å². The number of ether oxygens (including phenoxy) is 2. The molecular formula is C11H13FO4. The molecule has 0 amide bonds. The lowest BCUT2D eigenvalue weighted by Crippen LogP contribution is -2.21. The first-order chi connectivity index (χ1) is 7.63. The van der Waals surface area contributed by atoms with Gasteiger partial charge in [0.15, 0.2) is 0 Å². The summed E-state index contributed by atoms with van der Waals surface area (Å²) < 4.78 is 22.5. The van der Waals surface area contributed by atoms with Crippen molar-refractivity contribution in [3.63, 3.8) is 0 Å². The normalized spacial score (nSPS) is 11.9. The molecule has 16 heavy (non-hydrogen) atoms. The van der Waals surface area contributed by atoms with Crippen LogP contribution < -0.4 is 9.47 Å². The summed E-state index contributed by atoms with van der Waals surface area (Å²) >= 11 is 0. The minimum atomic E-state index is -2.34. The number of halogens is 1. The molecule has 5 heteroatoms. The second-order valence-corrected chi connectivity index (χ2v) is 3.09. The molecule has 0 aromatic heterocycles. The predicted molar refractivity (Wildman–Crippen MR) is 55.4 cm³/mol. The monoisotopic (exact) mass is 228 g/mol. The molecule has 0 aliphatic heterocycles. The predicted octanol–water partition coefficient (Wildman–Crippen LogP) is 2.23. The van der Waals surface area contributed by atoms with Crippen LogP contribution in [0.2, 0.25) is 0 Å². The van der Waals surface area contributed by atoms with Gasteiger partial charge in [0.2, 0.25) is 0 Å². The van der Waals surface area contributed by atoms with Gasteiger partial charge in [-0.3, -0.25) is 0 Å². The van der Waals surface area contributed by atoms with Crippen molar-refractivity contribution >= 4 is 5.97 Å². The van der Waals surface area contributed by atoms with E-state index in [9.17, 15) is 9.18 Å². The number of carboxylic acids is 1. The molecular weight excluding hydrogens is 215 g/mol. The Kier molecular flexibility index (Phi) is 4.57. The quantitative estimate of drug-likeness (QED) is 0.811. The average molecular weight is 228 g/mol. The van der Waals surface area contributed by atoms with E-state index >= 15 is 0 Å². The lowest BCUT2D eigenvalue weighted by Gasteiger charge is -2.08. The minimum absolute atomic E-state index is 0.152. The van der Waals surface area contributed by atoms with Crippen LogP contribution in [0, 0.1) is 0 Å². The third-order valence-electron chi connectivity index (χ3n) is 1.73. The smallest absolute Gasteiger partial charge is 0.378 e. The molecule has 1 aromatic carbocycles. The Balaban J connectivity index is 2.54. The molecule has 1 N–H and O–H groups in total. The molecule has 88 valence electrons. The van der Waals surface area contributed by atoms with E-state index < -0.39 is 12.3 Å². The van der Waals surface area contributed by atoms with E-state index in [1.165, 1.54) is 12.1 Å². The van der Waals surface area contributed by atoms with Gasteiger partial charge in [-0.15, -0.1) is 0 Å². The van der Waals surface area contributed by atoms with Crippen LogP contribution in [0.3, 0.4) is 0 Å². The first kappa shape index (κ1) is 12.3. The van der Waals surface area contributed by atoms with Crippen LogP contribution in [-0.2, 0) is 4.79 Å². The van der Waals surface area contributed by atoms with Crippen LogP contribution in [0.4, 0.5) is 4.39 Å². The highest BCUT2D eigenvalue weighted by Gasteiger charge is 2.16. The third kappa shape index (κ3) is 3.76. The number of carboxylic acid groups (broad SMARTS) is 1. The Morgan fingerprint density at radius 2 is 1.94 bits per heavy atom. The maximum absolute atomic E-state index is 12.7. The zero-order valence-corrected chi connectivity index (χ0v) is 8.85. The van der Waals surface area contributed by atoms with Crippen LogP contribution in [0.5, 0.6) is 11.5 Å². The summed E-state index contributed by atoms with van der Waals surface area (Å²) in [5.74, 6) is -0.856. The van der Waals surface area contributed by atoms with E-state index in [0.717, 1.165) is 6.42 Å². The van der Waals surface area contributed by atoms with Gasteiger partial charge in [0.1, 0.15) is 11.5 Å². The number of carbonyl (C=O) groups is 1. The standard InChI is InChI=1S/C11H13FO4/c1-2-7-15-8-3-5-9(6-4-8)16-10(12)11(13)14/h3-6,10H,2,7H2,1H3,(H,13,14). The maximum Gasteiger partial charge on any atom is 0.378 e. The Morgan fingerprint density at radius 3 is 2.44 bits per heavy atom. The minimum Gasteiger partial charge on any atom is -0.494 e. The van der Waals surface area contributed by atoms with Gasteiger partial charge in [0, 0.05) is 0 Å². The van der Waals surface area contributed by atoms with E-state index in [1.807, 2.05) is 6.92 Å². The summed E-state index contributed by atoms with van der Waals surface area (Å²) in [6, 6.07) is 6.11. The van der Waals surface area contributed by atoms with Crippen molar-refractivity contribution in [3.8, 4) is 11.5 Å². The third-order valence-corrected chi connectivity index (χ3v) is 1.73. The van der Waals surface area contributed by atoms with Crippen LogP contribution in [0.25, 0.3) is 0 Å². The molecule has 0 aliphatic carbocycles. The number of aliphatic carboxylic acids is 1. The Bertz CT molecular complexity index is 336. The Hall–Kier alpha value is -1.78. The van der Waals surface area contributed by atoms with Gasteiger partial charge in [0.25, 0.3) is 0 Å². The largest absolute Gasteiger partial charge is 0.494 e. The molecule has 0 bridgehead atoms. The van der Waals surface area contributed by atoms with E-state index in [-0.39, 0.29) is 5.75 Å². The van der Waals surface area contributed by atoms with Gasteiger partial charge in [-0.25, -0.2) is 4.79 Å². The average Bonchev–Trinajstić information content (AvgIpc) is 2.28. The van der Waals surface area contributed by atoms with Crippen molar-refractivity contribution in [1.82, 2.24) is 0 Å². The topological polar surface area (TPSA) is 55.8 Å². The highest BCUT2D eigenvalue weighted by molar-refractivity contribution is 5.70. The fourth-order valence-corrected chi connectivity index (χ4v) is 1.00. The summed E-state index contributed by atoms with van der Waals surface area (Å²) in [5.41, 5.74) is 0. The first-order valence-corrected chi connectivity index (χ1v) is 4.90. The van der Waals surface area contributed by atoms with Gasteiger partial charge in [-0.05, 0) is 30.7 Å². The lowest BCUT2D eigenvalue weighted by molar-refractivity contribution is -0.153. The summed E-state index contributed by atoms with van der Waals surface area (Å²) in [5, 5.41) is 8.29. The van der Waals surface area contributed by atoms with Crippen LogP contribution in [-0.4, -0.2) is 24.0 Å². The van der Waals surface area contributed by atoms with Gasteiger partial charge in [-0.1, -0.05) is 6.92 Å². The maximum atomic E-state index is 12.7. The molecule has 0 spiro atoms. The van der Waals surface area contributed by atoms with E-state index in [0.29, 0.717) is 12.4 Å². The van der Waals surface area contributed by atoms with E-state index in [4.69, 9.17) is 9.84 Å².